The van der Waals surface area contributed by atoms with E-state index in [0.717, 1.165) is 25.9 Å². The van der Waals surface area contributed by atoms with Gasteiger partial charge in [0.05, 0.1) is 0 Å². The summed E-state index contributed by atoms with van der Waals surface area (Å²) in [6.07, 6.45) is 4.19. The van der Waals surface area contributed by atoms with Gasteiger partial charge in [0.15, 0.2) is 6.19 Å². The van der Waals surface area contributed by atoms with Crippen molar-refractivity contribution in [2.24, 2.45) is 0 Å². The highest BCUT2D eigenvalue weighted by atomic mass is 15.1. The minimum Gasteiger partial charge on any atom is -0.321 e. The Labute approximate surface area is 61.6 Å². The van der Waals surface area contributed by atoms with Crippen LogP contribution in [0.3, 0.4) is 0 Å². The molecule has 1 N–H and O–H groups in total. The molecule has 10 heavy (non-hydrogen) atoms. The van der Waals surface area contributed by atoms with Crippen LogP contribution in [-0.4, -0.2) is 31.1 Å². The van der Waals surface area contributed by atoms with E-state index in [0.29, 0.717) is 6.04 Å². The zero-order valence-corrected chi connectivity index (χ0v) is 6.30. The van der Waals surface area contributed by atoms with Crippen LogP contribution in [-0.2, 0) is 0 Å². The fourth-order valence-corrected chi connectivity index (χ4v) is 1.24. The Hall–Kier alpha value is -0.750. The summed E-state index contributed by atoms with van der Waals surface area (Å²) < 4.78 is 0. The lowest BCUT2D eigenvalue weighted by Crippen LogP contribution is -2.38. The van der Waals surface area contributed by atoms with Crippen molar-refractivity contribution in [2.75, 3.05) is 20.1 Å². The van der Waals surface area contributed by atoms with Crippen LogP contribution in [0.4, 0.5) is 0 Å². The average Bonchev–Trinajstić information content (AvgIpc) is 1.95. The maximum atomic E-state index is 8.31. The maximum Gasteiger partial charge on any atom is 0.176 e. The Morgan fingerprint density at radius 3 is 2.60 bits per heavy atom. The number of likely N-dealkylation sites (tertiary alicyclic amines) is 1. The lowest BCUT2D eigenvalue weighted by molar-refractivity contribution is 0.245. The van der Waals surface area contributed by atoms with E-state index in [1.54, 1.807) is 0 Å². The van der Waals surface area contributed by atoms with Crippen molar-refractivity contribution in [3.05, 3.63) is 0 Å². The van der Waals surface area contributed by atoms with Gasteiger partial charge in [-0.3, -0.25) is 0 Å². The molecular weight excluding hydrogens is 126 g/mol. The van der Waals surface area contributed by atoms with Crippen molar-refractivity contribution >= 4 is 0 Å². The molecule has 0 unspecified atom stereocenters. The summed E-state index contributed by atoms with van der Waals surface area (Å²) in [6, 6.07) is 0.432. The van der Waals surface area contributed by atoms with Crippen LogP contribution < -0.4 is 5.32 Å². The Morgan fingerprint density at radius 2 is 2.10 bits per heavy atom. The van der Waals surface area contributed by atoms with E-state index in [1.807, 2.05) is 6.19 Å². The Bertz CT molecular complexity index is 130. The fourth-order valence-electron chi connectivity index (χ4n) is 1.24. The summed E-state index contributed by atoms with van der Waals surface area (Å²) in [5.74, 6) is 0. The first-order valence-corrected chi connectivity index (χ1v) is 3.66. The van der Waals surface area contributed by atoms with Gasteiger partial charge in [0.25, 0.3) is 0 Å². The second-order valence-corrected chi connectivity index (χ2v) is 2.83. The number of nitriles is 1. The third-order valence-corrected chi connectivity index (χ3v) is 1.99. The quantitative estimate of drug-likeness (QED) is 0.415. The predicted octanol–water partition coefficient (Wildman–Crippen LogP) is 0.151. The molecule has 0 aromatic carbocycles. The third-order valence-electron chi connectivity index (χ3n) is 1.99. The van der Waals surface area contributed by atoms with Crippen LogP contribution in [0.25, 0.3) is 0 Å². The van der Waals surface area contributed by atoms with Crippen LogP contribution in [0.1, 0.15) is 12.8 Å². The molecule has 0 atom stereocenters. The van der Waals surface area contributed by atoms with Gasteiger partial charge in [-0.05, 0) is 33.0 Å². The molecule has 0 spiro atoms. The molecule has 3 nitrogen and oxygen atoms in total. The lowest BCUT2D eigenvalue weighted by atomic mass is 10.1. The number of nitrogens with one attached hydrogen (secondary N) is 1. The number of piperidine rings is 1. The zero-order valence-electron chi connectivity index (χ0n) is 6.30. The van der Waals surface area contributed by atoms with Crippen LogP contribution in [0.15, 0.2) is 0 Å². The highest BCUT2D eigenvalue weighted by molar-refractivity contribution is 4.80. The van der Waals surface area contributed by atoms with Crippen molar-refractivity contribution in [3.63, 3.8) is 0 Å². The summed E-state index contributed by atoms with van der Waals surface area (Å²) in [5.41, 5.74) is 0. The average molecular weight is 139 g/mol. The largest absolute Gasteiger partial charge is 0.321 e. The predicted molar refractivity (Wildman–Crippen MR) is 39.3 cm³/mol. The van der Waals surface area contributed by atoms with Gasteiger partial charge < -0.3 is 10.2 Å². The summed E-state index contributed by atoms with van der Waals surface area (Å²) in [7, 11) is 2.11. The van der Waals surface area contributed by atoms with Crippen molar-refractivity contribution in [1.82, 2.24) is 10.2 Å². The molecule has 0 amide bonds. The maximum absolute atomic E-state index is 8.31. The third kappa shape index (κ3) is 1.89. The number of nitrogens with zero attached hydrogens (tertiary/aromatic N) is 2. The van der Waals surface area contributed by atoms with E-state index in [4.69, 9.17) is 5.26 Å². The smallest absolute Gasteiger partial charge is 0.176 e. The molecule has 0 bridgehead atoms. The summed E-state index contributed by atoms with van der Waals surface area (Å²) in [5, 5.41) is 11.1. The Kier molecular flexibility index (Phi) is 2.52. The second kappa shape index (κ2) is 3.43. The van der Waals surface area contributed by atoms with Gasteiger partial charge in [0.1, 0.15) is 0 Å². The minimum atomic E-state index is 0.432. The van der Waals surface area contributed by atoms with E-state index in [2.05, 4.69) is 17.3 Å². The molecule has 1 aliphatic heterocycles. The highest BCUT2D eigenvalue weighted by Gasteiger charge is 2.14. The monoisotopic (exact) mass is 139 g/mol. The van der Waals surface area contributed by atoms with Crippen molar-refractivity contribution in [3.8, 4) is 6.19 Å². The van der Waals surface area contributed by atoms with E-state index in [-0.39, 0.29) is 0 Å². The number of rotatable bonds is 1. The van der Waals surface area contributed by atoms with E-state index in [1.165, 1.54) is 0 Å². The van der Waals surface area contributed by atoms with Crippen molar-refractivity contribution < 1.29 is 0 Å². The number of hydrogen-bond donors (Lipinski definition) is 1. The molecule has 1 aliphatic rings. The van der Waals surface area contributed by atoms with Crippen molar-refractivity contribution in [2.45, 2.75) is 18.9 Å². The Balaban J connectivity index is 2.21. The summed E-state index contributed by atoms with van der Waals surface area (Å²) in [4.78, 5) is 2.29. The minimum absolute atomic E-state index is 0.432. The van der Waals surface area contributed by atoms with E-state index < -0.39 is 0 Å². The summed E-state index contributed by atoms with van der Waals surface area (Å²) in [6.45, 7) is 2.22. The molecule has 0 aliphatic carbocycles. The molecule has 1 fully saturated rings. The SMILES string of the molecule is CN1CCC(NC#N)CC1. The first-order chi connectivity index (χ1) is 4.83. The standard InChI is InChI=1S/C7H13N3/c1-10-4-2-7(3-5-10)9-6-8/h7,9H,2-5H2,1H3. The normalized spacial score (nSPS) is 22.0. The molecule has 0 saturated carbocycles. The molecular formula is C7H13N3. The van der Waals surface area contributed by atoms with E-state index >= 15 is 0 Å². The van der Waals surface area contributed by atoms with Crippen LogP contribution in [0.2, 0.25) is 0 Å². The topological polar surface area (TPSA) is 39.1 Å². The van der Waals surface area contributed by atoms with Gasteiger partial charge in [-0.1, -0.05) is 0 Å². The molecule has 1 rings (SSSR count). The molecule has 3 heteroatoms. The first kappa shape index (κ1) is 7.36. The van der Waals surface area contributed by atoms with Gasteiger partial charge in [0.2, 0.25) is 0 Å². The molecule has 0 aromatic heterocycles. The van der Waals surface area contributed by atoms with E-state index in [9.17, 15) is 0 Å². The first-order valence-electron chi connectivity index (χ1n) is 3.66. The number of hydrogen-bond acceptors (Lipinski definition) is 3. The zero-order chi connectivity index (χ0) is 7.40. The Morgan fingerprint density at radius 1 is 1.50 bits per heavy atom. The van der Waals surface area contributed by atoms with Crippen LogP contribution in [0, 0.1) is 11.5 Å². The molecule has 0 radical (unpaired) electrons. The second-order valence-electron chi connectivity index (χ2n) is 2.83. The molecule has 1 heterocycles. The van der Waals surface area contributed by atoms with Crippen LogP contribution in [0.5, 0.6) is 0 Å². The van der Waals surface area contributed by atoms with Gasteiger partial charge in [-0.25, -0.2) is 0 Å². The molecule has 56 valence electrons. The highest BCUT2D eigenvalue weighted by Crippen LogP contribution is 2.06. The van der Waals surface area contributed by atoms with Gasteiger partial charge >= 0.3 is 0 Å². The van der Waals surface area contributed by atoms with Gasteiger partial charge in [-0.2, -0.15) is 5.26 Å². The summed E-state index contributed by atoms with van der Waals surface area (Å²) >= 11 is 0. The van der Waals surface area contributed by atoms with Gasteiger partial charge in [-0.15, -0.1) is 0 Å². The van der Waals surface area contributed by atoms with Crippen LogP contribution >= 0.6 is 0 Å². The van der Waals surface area contributed by atoms with Gasteiger partial charge in [0, 0.05) is 6.04 Å². The van der Waals surface area contributed by atoms with Crippen molar-refractivity contribution in [1.29, 1.82) is 5.26 Å². The molecule has 0 aromatic rings. The lowest BCUT2D eigenvalue weighted by Gasteiger charge is -2.27. The fraction of sp³-hybridized carbons (Fsp3) is 0.857. The molecule has 1 saturated heterocycles.